The molecule has 0 aliphatic heterocycles. The summed E-state index contributed by atoms with van der Waals surface area (Å²) in [6.45, 7) is 8.90. The molecule has 0 radical (unpaired) electrons. The van der Waals surface area contributed by atoms with Crippen LogP contribution in [0.25, 0.3) is 6.08 Å². The molecule has 1 aromatic heterocycles. The van der Waals surface area contributed by atoms with Gasteiger partial charge in [0.25, 0.3) is 5.70 Å². The summed E-state index contributed by atoms with van der Waals surface area (Å²) in [5.41, 5.74) is 0.544. The molecule has 8 nitrogen and oxygen atoms in total. The fourth-order valence-corrected chi connectivity index (χ4v) is 3.38. The van der Waals surface area contributed by atoms with Crippen molar-refractivity contribution >= 4 is 16.1 Å². The minimum Gasteiger partial charge on any atom is -0.497 e. The van der Waals surface area contributed by atoms with Crippen molar-refractivity contribution in [2.24, 2.45) is 0 Å². The Hall–Kier alpha value is -3.43. The second-order valence-electron chi connectivity index (χ2n) is 6.32. The first-order valence-electron chi connectivity index (χ1n) is 8.72. The Morgan fingerprint density at radius 1 is 1.23 bits per heavy atom. The van der Waals surface area contributed by atoms with Crippen molar-refractivity contribution < 1.29 is 22.5 Å². The number of furan rings is 1. The van der Waals surface area contributed by atoms with E-state index in [0.29, 0.717) is 16.9 Å². The van der Waals surface area contributed by atoms with Crippen LogP contribution in [0.15, 0.2) is 88.6 Å². The highest BCUT2D eigenvalue weighted by Gasteiger charge is 2.32. The highest BCUT2D eigenvalue weighted by Crippen LogP contribution is 2.28. The van der Waals surface area contributed by atoms with Crippen LogP contribution in [-0.2, 0) is 10.0 Å². The number of benzene rings is 1. The molecule has 0 bridgehead atoms. The summed E-state index contributed by atoms with van der Waals surface area (Å²) in [6.07, 6.45) is 5.29. The molecule has 0 aliphatic rings. The molecule has 0 aliphatic carbocycles. The summed E-state index contributed by atoms with van der Waals surface area (Å²) in [4.78, 5) is 10.9. The Bertz CT molecular complexity index is 1080. The second-order valence-corrected chi connectivity index (χ2v) is 8.08. The average Bonchev–Trinajstić information content (AvgIpc) is 3.21. The smallest absolute Gasteiger partial charge is 0.272 e. The van der Waals surface area contributed by atoms with Crippen molar-refractivity contribution in [2.75, 3.05) is 7.11 Å². The van der Waals surface area contributed by atoms with Gasteiger partial charge in [0.1, 0.15) is 17.6 Å². The van der Waals surface area contributed by atoms with Crippen LogP contribution in [0, 0.1) is 10.1 Å². The van der Waals surface area contributed by atoms with Gasteiger partial charge in [-0.15, -0.1) is 0 Å². The molecule has 0 spiro atoms. The van der Waals surface area contributed by atoms with Crippen LogP contribution in [-0.4, -0.2) is 20.5 Å². The lowest BCUT2D eigenvalue weighted by Crippen LogP contribution is -2.32. The summed E-state index contributed by atoms with van der Waals surface area (Å²) >= 11 is 0. The molecule has 2 rings (SSSR count). The van der Waals surface area contributed by atoms with Crippen LogP contribution in [0.2, 0.25) is 0 Å². The van der Waals surface area contributed by atoms with E-state index in [-0.39, 0.29) is 10.7 Å². The van der Waals surface area contributed by atoms with Gasteiger partial charge in [0.2, 0.25) is 10.0 Å². The normalized spacial score (nSPS) is 13.2. The summed E-state index contributed by atoms with van der Waals surface area (Å²) in [7, 11) is -2.68. The number of nitro groups is 1. The molecule has 2 aromatic rings. The Kier molecular flexibility index (Phi) is 7.51. The summed E-state index contributed by atoms with van der Waals surface area (Å²) in [5.74, 6) is 0.729. The predicted octanol–water partition coefficient (Wildman–Crippen LogP) is 4.21. The maximum atomic E-state index is 12.8. The van der Waals surface area contributed by atoms with Gasteiger partial charge in [-0.25, -0.2) is 8.42 Å². The lowest BCUT2D eigenvalue weighted by Gasteiger charge is -2.17. The van der Waals surface area contributed by atoms with E-state index >= 15 is 0 Å². The van der Waals surface area contributed by atoms with Gasteiger partial charge in [-0.3, -0.25) is 10.1 Å². The maximum Gasteiger partial charge on any atom is 0.272 e. The third kappa shape index (κ3) is 6.03. The summed E-state index contributed by atoms with van der Waals surface area (Å²) in [6, 6.07) is 8.03. The second kappa shape index (κ2) is 9.86. The lowest BCUT2D eigenvalue weighted by molar-refractivity contribution is -0.429. The van der Waals surface area contributed by atoms with E-state index in [4.69, 9.17) is 9.15 Å². The van der Waals surface area contributed by atoms with E-state index in [9.17, 15) is 18.5 Å². The van der Waals surface area contributed by atoms with Crippen LogP contribution in [0.3, 0.4) is 0 Å². The molecule has 1 heterocycles. The molecule has 158 valence electrons. The monoisotopic (exact) mass is 430 g/mol. The number of methoxy groups -OCH3 is 1. The number of rotatable bonds is 10. The van der Waals surface area contributed by atoms with Crippen LogP contribution in [0.4, 0.5) is 0 Å². The van der Waals surface area contributed by atoms with E-state index in [1.807, 2.05) is 0 Å². The van der Waals surface area contributed by atoms with E-state index in [1.54, 1.807) is 25.1 Å². The molecule has 1 atom stereocenters. The van der Waals surface area contributed by atoms with Gasteiger partial charge in [0.05, 0.1) is 29.3 Å². The molecule has 0 amide bonds. The van der Waals surface area contributed by atoms with Gasteiger partial charge in [-0.1, -0.05) is 36.9 Å². The van der Waals surface area contributed by atoms with Gasteiger partial charge in [-0.05, 0) is 42.8 Å². The zero-order valence-corrected chi connectivity index (χ0v) is 17.4. The maximum absolute atomic E-state index is 12.8. The summed E-state index contributed by atoms with van der Waals surface area (Å²) < 4.78 is 38.2. The first kappa shape index (κ1) is 22.9. The topological polar surface area (TPSA) is 112 Å². The largest absolute Gasteiger partial charge is 0.497 e. The SMILES string of the molecule is C=C(C)/C=C\C(=C)S(=O)(=O)NC(/C(=C/c1ccco1)[N+](=O)[O-])c1ccc(OC)cc1. The Morgan fingerprint density at radius 2 is 1.90 bits per heavy atom. The van der Waals surface area contributed by atoms with Crippen molar-refractivity contribution in [3.8, 4) is 5.75 Å². The quantitative estimate of drug-likeness (QED) is 0.343. The first-order chi connectivity index (χ1) is 14.1. The molecule has 1 unspecified atom stereocenters. The fourth-order valence-electron chi connectivity index (χ4n) is 2.41. The summed E-state index contributed by atoms with van der Waals surface area (Å²) in [5, 5.41) is 11.8. The number of allylic oxidation sites excluding steroid dienone is 3. The van der Waals surface area contributed by atoms with E-state index in [0.717, 1.165) is 0 Å². The van der Waals surface area contributed by atoms with Crippen molar-refractivity contribution in [3.05, 3.63) is 106 Å². The van der Waals surface area contributed by atoms with Crippen LogP contribution in [0.5, 0.6) is 5.75 Å². The number of sulfonamides is 1. The standard InChI is InChI=1S/C21H22N2O6S/c1-15(2)7-8-16(3)30(26,27)22-21(17-9-11-18(28-4)12-10-17)20(23(24)25)14-19-6-5-13-29-19/h5-14,21-22H,1,3H2,2,4H3/b8-7-,20-14-. The number of nitrogens with zero attached hydrogens (tertiary/aromatic N) is 1. The van der Waals surface area contributed by atoms with E-state index < -0.39 is 26.7 Å². The number of ether oxygens (including phenoxy) is 1. The molecular formula is C21H22N2O6S. The van der Waals surface area contributed by atoms with Gasteiger partial charge in [-0.2, -0.15) is 4.72 Å². The van der Waals surface area contributed by atoms with Gasteiger partial charge in [0.15, 0.2) is 0 Å². The Balaban J connectivity index is 2.53. The van der Waals surface area contributed by atoms with Gasteiger partial charge in [0, 0.05) is 0 Å². The average molecular weight is 430 g/mol. The zero-order valence-electron chi connectivity index (χ0n) is 16.6. The van der Waals surface area contributed by atoms with E-state index in [2.05, 4.69) is 17.9 Å². The molecule has 0 saturated heterocycles. The van der Waals surface area contributed by atoms with Gasteiger partial charge < -0.3 is 9.15 Å². The van der Waals surface area contributed by atoms with Crippen molar-refractivity contribution in [1.29, 1.82) is 0 Å². The molecule has 0 saturated carbocycles. The number of hydrogen-bond acceptors (Lipinski definition) is 6. The number of hydrogen-bond donors (Lipinski definition) is 1. The molecule has 1 aromatic carbocycles. The Labute approximate surface area is 175 Å². The lowest BCUT2D eigenvalue weighted by atomic mass is 10.0. The number of nitrogens with one attached hydrogen (secondary N) is 1. The highest BCUT2D eigenvalue weighted by atomic mass is 32.2. The fraction of sp³-hybridized carbons (Fsp3) is 0.143. The zero-order chi connectivity index (χ0) is 22.3. The Morgan fingerprint density at radius 3 is 2.40 bits per heavy atom. The molecule has 9 heteroatoms. The highest BCUT2D eigenvalue weighted by molar-refractivity contribution is 7.93. The van der Waals surface area contributed by atoms with Gasteiger partial charge >= 0.3 is 0 Å². The van der Waals surface area contributed by atoms with Crippen LogP contribution in [0.1, 0.15) is 24.3 Å². The molecule has 30 heavy (non-hydrogen) atoms. The van der Waals surface area contributed by atoms with E-state index in [1.165, 1.54) is 49.8 Å². The van der Waals surface area contributed by atoms with Crippen molar-refractivity contribution in [3.63, 3.8) is 0 Å². The van der Waals surface area contributed by atoms with Crippen molar-refractivity contribution in [2.45, 2.75) is 13.0 Å². The molecule has 1 N–H and O–H groups in total. The minimum absolute atomic E-state index is 0.209. The molecular weight excluding hydrogens is 408 g/mol. The first-order valence-corrected chi connectivity index (χ1v) is 10.2. The van der Waals surface area contributed by atoms with Crippen molar-refractivity contribution in [1.82, 2.24) is 4.72 Å². The molecule has 0 fully saturated rings. The predicted molar refractivity (Wildman–Crippen MR) is 115 cm³/mol. The third-order valence-corrected chi connectivity index (χ3v) is 5.33. The van der Waals surface area contributed by atoms with Crippen LogP contribution < -0.4 is 9.46 Å². The minimum atomic E-state index is -4.16. The van der Waals surface area contributed by atoms with Crippen LogP contribution >= 0.6 is 0 Å². The third-order valence-electron chi connectivity index (χ3n) is 3.96.